The molecule has 0 aromatic heterocycles. The van der Waals surface area contributed by atoms with Gasteiger partial charge in [0.2, 0.25) is 0 Å². The summed E-state index contributed by atoms with van der Waals surface area (Å²) < 4.78 is 5.66. The third-order valence-corrected chi connectivity index (χ3v) is 2.95. The van der Waals surface area contributed by atoms with Crippen molar-refractivity contribution in [2.24, 2.45) is 0 Å². The van der Waals surface area contributed by atoms with Gasteiger partial charge in [-0.1, -0.05) is 35.9 Å². The van der Waals surface area contributed by atoms with Gasteiger partial charge in [-0.15, -0.1) is 0 Å². The molecule has 0 saturated carbocycles. The second-order valence-electron chi connectivity index (χ2n) is 4.60. The van der Waals surface area contributed by atoms with E-state index < -0.39 is 0 Å². The molecule has 2 aromatic carbocycles. The Labute approximate surface area is 123 Å². The fourth-order valence-electron chi connectivity index (χ4n) is 1.76. The van der Waals surface area contributed by atoms with Gasteiger partial charge in [0.25, 0.3) is 5.91 Å². The highest BCUT2D eigenvalue weighted by molar-refractivity contribution is 6.34. The van der Waals surface area contributed by atoms with Gasteiger partial charge in [0.15, 0.2) is 0 Å². The van der Waals surface area contributed by atoms with Crippen molar-refractivity contribution in [2.75, 3.05) is 5.32 Å². The predicted molar refractivity (Wildman–Crippen MR) is 81.6 cm³/mol. The lowest BCUT2D eigenvalue weighted by atomic mass is 10.2. The Morgan fingerprint density at radius 3 is 2.45 bits per heavy atom. The first-order chi connectivity index (χ1) is 9.58. The Morgan fingerprint density at radius 1 is 1.10 bits per heavy atom. The topological polar surface area (TPSA) is 38.3 Å². The fourth-order valence-corrected chi connectivity index (χ4v) is 1.98. The molecule has 0 saturated heterocycles. The number of carbonyl (C=O) groups is 1. The van der Waals surface area contributed by atoms with E-state index in [9.17, 15) is 4.79 Å². The summed E-state index contributed by atoms with van der Waals surface area (Å²) in [5.74, 6) is 0.387. The molecule has 0 aliphatic heterocycles. The summed E-state index contributed by atoms with van der Waals surface area (Å²) in [5, 5.41) is 3.25. The van der Waals surface area contributed by atoms with Gasteiger partial charge in [0, 0.05) is 0 Å². The number of carbonyl (C=O) groups excluding carboxylic acids is 1. The molecule has 0 radical (unpaired) electrons. The third kappa shape index (κ3) is 3.52. The quantitative estimate of drug-likeness (QED) is 0.907. The van der Waals surface area contributed by atoms with Gasteiger partial charge in [-0.25, -0.2) is 0 Å². The second kappa shape index (κ2) is 6.44. The smallest absolute Gasteiger partial charge is 0.257 e. The molecule has 20 heavy (non-hydrogen) atoms. The number of amides is 1. The van der Waals surface area contributed by atoms with Gasteiger partial charge in [-0.2, -0.15) is 0 Å². The molecule has 0 unspecified atom stereocenters. The maximum Gasteiger partial charge on any atom is 0.257 e. The molecule has 0 bridgehead atoms. The van der Waals surface area contributed by atoms with Crippen LogP contribution in [-0.2, 0) is 0 Å². The average Bonchev–Trinajstić information content (AvgIpc) is 2.41. The van der Waals surface area contributed by atoms with Crippen LogP contribution in [0.25, 0.3) is 0 Å². The first-order valence-corrected chi connectivity index (χ1v) is 6.77. The SMILES string of the molecule is CC(C)Oc1ccccc1NC(=O)c1ccccc1Cl. The van der Waals surface area contributed by atoms with Crippen LogP contribution in [0.4, 0.5) is 5.69 Å². The zero-order chi connectivity index (χ0) is 14.5. The van der Waals surface area contributed by atoms with Gasteiger partial charge >= 0.3 is 0 Å². The molecule has 0 spiro atoms. The summed E-state index contributed by atoms with van der Waals surface area (Å²) in [6.45, 7) is 3.87. The highest BCUT2D eigenvalue weighted by Gasteiger charge is 2.12. The molecule has 4 heteroatoms. The summed E-state index contributed by atoms with van der Waals surface area (Å²) in [6, 6.07) is 14.3. The van der Waals surface area contributed by atoms with E-state index in [4.69, 9.17) is 16.3 Å². The molecular formula is C16H16ClNO2. The van der Waals surface area contributed by atoms with Crippen molar-refractivity contribution in [3.8, 4) is 5.75 Å². The lowest BCUT2D eigenvalue weighted by Gasteiger charge is -2.15. The minimum atomic E-state index is -0.254. The molecule has 3 nitrogen and oxygen atoms in total. The third-order valence-electron chi connectivity index (χ3n) is 2.62. The Morgan fingerprint density at radius 2 is 1.75 bits per heavy atom. The van der Waals surface area contributed by atoms with Crippen LogP contribution in [0.5, 0.6) is 5.75 Å². The first-order valence-electron chi connectivity index (χ1n) is 6.39. The lowest BCUT2D eigenvalue weighted by molar-refractivity contribution is 0.102. The summed E-state index contributed by atoms with van der Waals surface area (Å²) in [4.78, 5) is 12.2. The zero-order valence-electron chi connectivity index (χ0n) is 11.4. The minimum absolute atomic E-state index is 0.0355. The number of ether oxygens (including phenoxy) is 1. The molecule has 1 amide bonds. The maximum atomic E-state index is 12.2. The van der Waals surface area contributed by atoms with Crippen LogP contribution in [-0.4, -0.2) is 12.0 Å². The van der Waals surface area contributed by atoms with Crippen LogP contribution in [0.3, 0.4) is 0 Å². The molecular weight excluding hydrogens is 274 g/mol. The van der Waals surface area contributed by atoms with Crippen molar-refractivity contribution in [1.29, 1.82) is 0 Å². The number of anilines is 1. The lowest BCUT2D eigenvalue weighted by Crippen LogP contribution is -2.14. The second-order valence-corrected chi connectivity index (χ2v) is 5.00. The van der Waals surface area contributed by atoms with Gasteiger partial charge in [-0.3, -0.25) is 4.79 Å². The molecule has 0 heterocycles. The summed E-state index contributed by atoms with van der Waals surface area (Å²) in [6.07, 6.45) is 0.0355. The van der Waals surface area contributed by atoms with Crippen LogP contribution in [0.15, 0.2) is 48.5 Å². The summed E-state index contributed by atoms with van der Waals surface area (Å²) in [7, 11) is 0. The Balaban J connectivity index is 2.22. The predicted octanol–water partition coefficient (Wildman–Crippen LogP) is 4.38. The molecule has 0 aliphatic rings. The number of hydrogen-bond donors (Lipinski definition) is 1. The summed E-state index contributed by atoms with van der Waals surface area (Å²) in [5.41, 5.74) is 1.07. The molecule has 0 fully saturated rings. The number of nitrogens with one attached hydrogen (secondary N) is 1. The number of rotatable bonds is 4. The highest BCUT2D eigenvalue weighted by Crippen LogP contribution is 2.26. The maximum absolute atomic E-state index is 12.2. The van der Waals surface area contributed by atoms with Crippen LogP contribution in [0.1, 0.15) is 24.2 Å². The average molecular weight is 290 g/mol. The molecule has 104 valence electrons. The monoisotopic (exact) mass is 289 g/mol. The van der Waals surface area contributed by atoms with Gasteiger partial charge < -0.3 is 10.1 Å². The van der Waals surface area contributed by atoms with E-state index in [1.54, 1.807) is 30.3 Å². The Kier molecular flexibility index (Phi) is 4.64. The van der Waals surface area contributed by atoms with Crippen molar-refractivity contribution in [2.45, 2.75) is 20.0 Å². The van der Waals surface area contributed by atoms with Crippen molar-refractivity contribution in [3.05, 3.63) is 59.1 Å². The van der Waals surface area contributed by atoms with E-state index in [1.807, 2.05) is 32.0 Å². The van der Waals surface area contributed by atoms with E-state index in [1.165, 1.54) is 0 Å². The van der Waals surface area contributed by atoms with E-state index in [0.717, 1.165) is 0 Å². The van der Waals surface area contributed by atoms with E-state index in [0.29, 0.717) is 22.0 Å². The van der Waals surface area contributed by atoms with E-state index >= 15 is 0 Å². The first kappa shape index (κ1) is 14.4. The van der Waals surface area contributed by atoms with Crippen LogP contribution >= 0.6 is 11.6 Å². The number of para-hydroxylation sites is 2. The van der Waals surface area contributed by atoms with Crippen molar-refractivity contribution in [3.63, 3.8) is 0 Å². The van der Waals surface area contributed by atoms with Crippen LogP contribution in [0, 0.1) is 0 Å². The molecule has 0 atom stereocenters. The van der Waals surface area contributed by atoms with E-state index in [2.05, 4.69) is 5.32 Å². The number of hydrogen-bond acceptors (Lipinski definition) is 2. The highest BCUT2D eigenvalue weighted by atomic mass is 35.5. The van der Waals surface area contributed by atoms with E-state index in [-0.39, 0.29) is 12.0 Å². The minimum Gasteiger partial charge on any atom is -0.489 e. The number of halogens is 1. The molecule has 2 rings (SSSR count). The molecule has 1 N–H and O–H groups in total. The molecule has 0 aliphatic carbocycles. The van der Waals surface area contributed by atoms with Crippen molar-refractivity contribution < 1.29 is 9.53 Å². The zero-order valence-corrected chi connectivity index (χ0v) is 12.1. The standard InChI is InChI=1S/C16H16ClNO2/c1-11(2)20-15-10-6-5-9-14(15)18-16(19)12-7-3-4-8-13(12)17/h3-11H,1-2H3,(H,18,19). The number of benzene rings is 2. The van der Waals surface area contributed by atoms with Crippen LogP contribution < -0.4 is 10.1 Å². The Hall–Kier alpha value is -2.00. The normalized spacial score (nSPS) is 10.4. The van der Waals surface area contributed by atoms with Crippen LogP contribution in [0.2, 0.25) is 5.02 Å². The van der Waals surface area contributed by atoms with Gasteiger partial charge in [0.05, 0.1) is 22.4 Å². The fraction of sp³-hybridized carbons (Fsp3) is 0.188. The van der Waals surface area contributed by atoms with Gasteiger partial charge in [-0.05, 0) is 38.1 Å². The Bertz CT molecular complexity index is 611. The van der Waals surface area contributed by atoms with Gasteiger partial charge in [0.1, 0.15) is 5.75 Å². The largest absolute Gasteiger partial charge is 0.489 e. The van der Waals surface area contributed by atoms with Crippen molar-refractivity contribution in [1.82, 2.24) is 0 Å². The summed E-state index contributed by atoms with van der Waals surface area (Å²) >= 11 is 6.02. The molecule has 2 aromatic rings. The van der Waals surface area contributed by atoms with Crippen molar-refractivity contribution >= 4 is 23.2 Å².